The number of rotatable bonds is 2. The highest BCUT2D eigenvalue weighted by Crippen LogP contribution is 2.51. The van der Waals surface area contributed by atoms with Crippen LogP contribution in [0.25, 0.3) is 0 Å². The fraction of sp³-hybridized carbons (Fsp3) is 0.136. The van der Waals surface area contributed by atoms with Crippen LogP contribution >= 0.6 is 55.1 Å². The lowest BCUT2D eigenvalue weighted by atomic mass is 9.96. The highest BCUT2D eigenvalue weighted by Gasteiger charge is 2.42. The molecule has 0 bridgehead atoms. The van der Waals surface area contributed by atoms with E-state index in [1.54, 1.807) is 6.07 Å². The maximum atomic E-state index is 6.52. The first-order valence-corrected chi connectivity index (χ1v) is 11.4. The van der Waals surface area contributed by atoms with Crippen molar-refractivity contribution in [1.82, 2.24) is 5.01 Å². The minimum atomic E-state index is -0.394. The monoisotopic (exact) mass is 550 g/mol. The number of nitrogens with zero attached hydrogens (tertiary/aromatic N) is 2. The third kappa shape index (κ3) is 3.48. The smallest absolute Gasteiger partial charge is 0.215 e. The normalized spacial score (nSPS) is 20.0. The Morgan fingerprint density at radius 2 is 1.72 bits per heavy atom. The molecule has 0 unspecified atom stereocenters. The summed E-state index contributed by atoms with van der Waals surface area (Å²) < 4.78 is 8.39. The van der Waals surface area contributed by atoms with Crippen molar-refractivity contribution in [2.45, 2.75) is 18.7 Å². The first kappa shape index (κ1) is 19.4. The van der Waals surface area contributed by atoms with Gasteiger partial charge >= 0.3 is 0 Å². The van der Waals surface area contributed by atoms with Gasteiger partial charge in [0.05, 0.1) is 16.8 Å². The molecule has 2 atom stereocenters. The molecule has 0 aliphatic carbocycles. The Bertz CT molecular complexity index is 1130. The lowest BCUT2D eigenvalue weighted by molar-refractivity contribution is -0.0194. The molecule has 0 N–H and O–H groups in total. The van der Waals surface area contributed by atoms with E-state index in [-0.39, 0.29) is 6.04 Å². The second kappa shape index (κ2) is 7.62. The zero-order valence-electron chi connectivity index (χ0n) is 14.9. The lowest BCUT2D eigenvalue weighted by Crippen LogP contribution is -2.34. The fourth-order valence-corrected chi connectivity index (χ4v) is 5.11. The van der Waals surface area contributed by atoms with Crippen LogP contribution in [0.2, 0.25) is 10.0 Å². The second-order valence-corrected chi connectivity index (χ2v) is 9.56. The number of hydrogen-bond donors (Lipinski definition) is 0. The van der Waals surface area contributed by atoms with Crippen molar-refractivity contribution in [2.75, 3.05) is 0 Å². The Morgan fingerprint density at radius 3 is 2.48 bits per heavy atom. The van der Waals surface area contributed by atoms with E-state index in [2.05, 4.69) is 44.0 Å². The Hall–Kier alpha value is -1.53. The third-order valence-electron chi connectivity index (χ3n) is 5.16. The molecule has 146 valence electrons. The molecule has 29 heavy (non-hydrogen) atoms. The Morgan fingerprint density at radius 1 is 0.966 bits per heavy atom. The second-order valence-electron chi connectivity index (χ2n) is 6.95. The molecule has 5 rings (SSSR count). The van der Waals surface area contributed by atoms with Crippen LogP contribution in [-0.4, -0.2) is 10.7 Å². The van der Waals surface area contributed by atoms with Gasteiger partial charge < -0.3 is 4.74 Å². The van der Waals surface area contributed by atoms with E-state index in [1.807, 2.05) is 47.5 Å². The topological polar surface area (TPSA) is 24.8 Å². The average Bonchev–Trinajstić information content (AvgIpc) is 3.14. The number of hydrazone groups is 1. The van der Waals surface area contributed by atoms with Crippen molar-refractivity contribution in [1.29, 1.82) is 0 Å². The zero-order valence-corrected chi connectivity index (χ0v) is 19.6. The van der Waals surface area contributed by atoms with Gasteiger partial charge in [0, 0.05) is 31.5 Å². The predicted molar refractivity (Wildman–Crippen MR) is 124 cm³/mol. The minimum Gasteiger partial charge on any atom is -0.463 e. The Kier molecular flexibility index (Phi) is 5.11. The van der Waals surface area contributed by atoms with Gasteiger partial charge in [0.2, 0.25) is 6.23 Å². The largest absolute Gasteiger partial charge is 0.463 e. The maximum Gasteiger partial charge on any atom is 0.215 e. The van der Waals surface area contributed by atoms with Gasteiger partial charge in [0.25, 0.3) is 0 Å². The van der Waals surface area contributed by atoms with E-state index < -0.39 is 6.23 Å². The van der Waals surface area contributed by atoms with Crippen LogP contribution in [0.3, 0.4) is 0 Å². The molecular weight excluding hydrogens is 539 g/mol. The summed E-state index contributed by atoms with van der Waals surface area (Å²) in [5, 5.41) is 8.10. The van der Waals surface area contributed by atoms with Crippen molar-refractivity contribution >= 4 is 60.8 Å². The SMILES string of the molecule is Clc1cc(Cl)c2c(c1)[C@@H]1CC(c3ccc(Br)cc3)=NN1[C@H](c1ccccc1Br)O2. The molecule has 0 aromatic heterocycles. The van der Waals surface area contributed by atoms with Gasteiger partial charge in [-0.05, 0) is 35.9 Å². The lowest BCUT2D eigenvalue weighted by Gasteiger charge is -2.39. The number of benzene rings is 3. The first-order chi connectivity index (χ1) is 14.0. The molecule has 3 aromatic rings. The van der Waals surface area contributed by atoms with Gasteiger partial charge in [-0.3, -0.25) is 0 Å². The molecule has 0 amide bonds. The predicted octanol–water partition coefficient (Wildman–Crippen LogP) is 7.76. The molecular formula is C22H14Br2Cl2N2O. The van der Waals surface area contributed by atoms with Crippen LogP contribution < -0.4 is 4.74 Å². The minimum absolute atomic E-state index is 0.00861. The van der Waals surface area contributed by atoms with Crippen LogP contribution in [0.4, 0.5) is 0 Å². The number of halogens is 4. The molecule has 0 saturated heterocycles. The van der Waals surface area contributed by atoms with Crippen LogP contribution in [0.1, 0.15) is 35.4 Å². The van der Waals surface area contributed by atoms with Crippen molar-refractivity contribution in [3.05, 3.63) is 96.3 Å². The van der Waals surface area contributed by atoms with E-state index in [1.165, 1.54) is 0 Å². The molecule has 0 radical (unpaired) electrons. The van der Waals surface area contributed by atoms with Crippen molar-refractivity contribution in [3.8, 4) is 5.75 Å². The van der Waals surface area contributed by atoms with Gasteiger partial charge in [-0.2, -0.15) is 5.10 Å². The number of ether oxygens (including phenoxy) is 1. The summed E-state index contributed by atoms with van der Waals surface area (Å²) in [6.07, 6.45) is 0.352. The highest BCUT2D eigenvalue weighted by molar-refractivity contribution is 9.10. The van der Waals surface area contributed by atoms with Gasteiger partial charge in [-0.1, -0.05) is 85.4 Å². The molecule has 7 heteroatoms. The van der Waals surface area contributed by atoms with Gasteiger partial charge in [0.15, 0.2) is 0 Å². The summed E-state index contributed by atoms with van der Waals surface area (Å²) in [7, 11) is 0. The van der Waals surface area contributed by atoms with Crippen molar-refractivity contribution in [2.24, 2.45) is 5.10 Å². The summed E-state index contributed by atoms with van der Waals surface area (Å²) in [5.41, 5.74) is 4.05. The van der Waals surface area contributed by atoms with Crippen molar-refractivity contribution in [3.63, 3.8) is 0 Å². The average molecular weight is 553 g/mol. The molecule has 2 aliphatic rings. The Labute approximate surface area is 195 Å². The maximum absolute atomic E-state index is 6.52. The standard InChI is InChI=1S/C22H14Br2Cl2N2O/c23-13-7-5-12(6-8-13)19-11-20-16-9-14(25)10-18(26)21(16)29-22(28(20)27-19)15-3-1-2-4-17(15)24/h1-10,20,22H,11H2/t20-,22-/m0/s1. The Balaban J connectivity index is 1.65. The molecule has 2 heterocycles. The quantitative estimate of drug-likeness (QED) is 0.324. The van der Waals surface area contributed by atoms with E-state index in [4.69, 9.17) is 33.0 Å². The summed E-state index contributed by atoms with van der Waals surface area (Å²) in [6.45, 7) is 0. The highest BCUT2D eigenvalue weighted by atomic mass is 79.9. The molecule has 3 nitrogen and oxygen atoms in total. The summed E-state index contributed by atoms with van der Waals surface area (Å²) >= 11 is 20.0. The number of fused-ring (bicyclic) bond motifs is 3. The molecule has 0 spiro atoms. The van der Waals surface area contributed by atoms with Gasteiger partial charge in [-0.25, -0.2) is 5.01 Å². The summed E-state index contributed by atoms with van der Waals surface area (Å²) in [6, 6.07) is 19.8. The van der Waals surface area contributed by atoms with E-state index >= 15 is 0 Å². The van der Waals surface area contributed by atoms with E-state index in [0.29, 0.717) is 15.8 Å². The first-order valence-electron chi connectivity index (χ1n) is 9.03. The van der Waals surface area contributed by atoms with Crippen LogP contribution in [-0.2, 0) is 0 Å². The van der Waals surface area contributed by atoms with Crippen LogP contribution in [0.5, 0.6) is 5.75 Å². The third-order valence-corrected chi connectivity index (χ3v) is 6.91. The summed E-state index contributed by atoms with van der Waals surface area (Å²) in [5.74, 6) is 0.672. The number of hydrogen-bond acceptors (Lipinski definition) is 3. The van der Waals surface area contributed by atoms with Crippen LogP contribution in [0.15, 0.2) is 74.7 Å². The molecule has 0 saturated carbocycles. The summed E-state index contributed by atoms with van der Waals surface area (Å²) in [4.78, 5) is 0. The molecule has 0 fully saturated rings. The molecule has 2 aliphatic heterocycles. The van der Waals surface area contributed by atoms with E-state index in [9.17, 15) is 0 Å². The van der Waals surface area contributed by atoms with Gasteiger partial charge in [-0.15, -0.1) is 0 Å². The van der Waals surface area contributed by atoms with Gasteiger partial charge in [0.1, 0.15) is 5.75 Å². The van der Waals surface area contributed by atoms with Crippen molar-refractivity contribution < 1.29 is 4.74 Å². The van der Waals surface area contributed by atoms with E-state index in [0.717, 1.165) is 37.8 Å². The fourth-order valence-electron chi connectivity index (χ4n) is 3.81. The zero-order chi connectivity index (χ0) is 20.1. The molecule has 3 aromatic carbocycles. The van der Waals surface area contributed by atoms with Crippen LogP contribution in [0, 0.1) is 0 Å².